The maximum absolute atomic E-state index is 12.9. The summed E-state index contributed by atoms with van der Waals surface area (Å²) in [7, 11) is 0. The third kappa shape index (κ3) is 1.67. The molecule has 0 saturated carbocycles. The van der Waals surface area contributed by atoms with E-state index in [4.69, 9.17) is 0 Å². The zero-order chi connectivity index (χ0) is 12.7. The number of hydrogen-bond acceptors (Lipinski definition) is 2. The van der Waals surface area contributed by atoms with E-state index in [0.717, 1.165) is 4.47 Å². The molecule has 5 heteroatoms. The predicted octanol–water partition coefficient (Wildman–Crippen LogP) is 3.61. The molecule has 0 aliphatic heterocycles. The molecule has 3 aromatic rings. The van der Waals surface area contributed by atoms with E-state index >= 15 is 0 Å². The van der Waals surface area contributed by atoms with Crippen LogP contribution in [0.15, 0.2) is 47.1 Å². The summed E-state index contributed by atoms with van der Waals surface area (Å²) in [5, 5.41) is 10.1. The van der Waals surface area contributed by atoms with Gasteiger partial charge < -0.3 is 5.11 Å². The maximum Gasteiger partial charge on any atom is 0.224 e. The van der Waals surface area contributed by atoms with Crippen molar-refractivity contribution in [3.8, 4) is 17.1 Å². The normalized spacial score (nSPS) is 11.0. The quantitative estimate of drug-likeness (QED) is 0.746. The van der Waals surface area contributed by atoms with Gasteiger partial charge in [-0.1, -0.05) is 0 Å². The largest absolute Gasteiger partial charge is 0.493 e. The van der Waals surface area contributed by atoms with Crippen molar-refractivity contribution in [1.82, 2.24) is 9.38 Å². The highest BCUT2D eigenvalue weighted by molar-refractivity contribution is 9.10. The van der Waals surface area contributed by atoms with Gasteiger partial charge in [0.25, 0.3) is 0 Å². The van der Waals surface area contributed by atoms with Gasteiger partial charge in [-0.3, -0.25) is 4.40 Å². The van der Waals surface area contributed by atoms with Gasteiger partial charge in [0.05, 0.1) is 4.47 Å². The number of hydrogen-bond donors (Lipinski definition) is 1. The van der Waals surface area contributed by atoms with Gasteiger partial charge in [0.15, 0.2) is 5.65 Å². The number of pyridine rings is 1. The summed E-state index contributed by atoms with van der Waals surface area (Å²) in [6.07, 6.45) is 1.72. The fourth-order valence-electron chi connectivity index (χ4n) is 1.82. The lowest BCUT2D eigenvalue weighted by Crippen LogP contribution is -1.82. The molecule has 0 fully saturated rings. The Labute approximate surface area is 111 Å². The number of rotatable bonds is 1. The molecule has 3 nitrogen and oxygen atoms in total. The number of aromatic hydroxyl groups is 1. The van der Waals surface area contributed by atoms with Crippen LogP contribution in [0.25, 0.3) is 16.9 Å². The van der Waals surface area contributed by atoms with Gasteiger partial charge in [-0.25, -0.2) is 9.37 Å². The van der Waals surface area contributed by atoms with Crippen LogP contribution in [0.5, 0.6) is 5.88 Å². The van der Waals surface area contributed by atoms with Gasteiger partial charge in [-0.05, 0) is 52.3 Å². The van der Waals surface area contributed by atoms with Gasteiger partial charge >= 0.3 is 0 Å². The summed E-state index contributed by atoms with van der Waals surface area (Å²) >= 11 is 3.37. The van der Waals surface area contributed by atoms with Gasteiger partial charge in [-0.15, -0.1) is 0 Å². The number of halogens is 2. The summed E-state index contributed by atoms with van der Waals surface area (Å²) in [5.74, 6) is -0.277. The summed E-state index contributed by atoms with van der Waals surface area (Å²) in [5.41, 5.74) is 1.72. The number of fused-ring (bicyclic) bond motifs is 1. The van der Waals surface area contributed by atoms with Crippen LogP contribution in [0.3, 0.4) is 0 Å². The average molecular weight is 307 g/mol. The van der Waals surface area contributed by atoms with Crippen molar-refractivity contribution in [2.45, 2.75) is 0 Å². The summed E-state index contributed by atoms with van der Waals surface area (Å²) in [4.78, 5) is 4.36. The van der Waals surface area contributed by atoms with Gasteiger partial charge in [0, 0.05) is 11.8 Å². The lowest BCUT2D eigenvalue weighted by Gasteiger charge is -1.98. The highest BCUT2D eigenvalue weighted by Gasteiger charge is 2.14. The number of imidazole rings is 1. The Balaban J connectivity index is 2.27. The van der Waals surface area contributed by atoms with Crippen LogP contribution in [0.2, 0.25) is 0 Å². The first kappa shape index (κ1) is 11.2. The van der Waals surface area contributed by atoms with Crippen LogP contribution >= 0.6 is 15.9 Å². The molecule has 18 heavy (non-hydrogen) atoms. The first-order chi connectivity index (χ1) is 8.66. The first-order valence-corrected chi connectivity index (χ1v) is 6.07. The molecule has 0 aliphatic carbocycles. The van der Waals surface area contributed by atoms with Crippen LogP contribution in [-0.2, 0) is 0 Å². The molecule has 0 saturated heterocycles. The van der Waals surface area contributed by atoms with Crippen LogP contribution in [-0.4, -0.2) is 14.5 Å². The standard InChI is InChI=1S/C13H8BrFN2O/c14-10-2-1-7-17-12(10)16-11(13(17)18)8-3-5-9(15)6-4-8/h1-7,18H. The molecule has 0 aliphatic rings. The highest BCUT2D eigenvalue weighted by atomic mass is 79.9. The van der Waals surface area contributed by atoms with E-state index in [1.807, 2.05) is 6.07 Å². The third-order valence-electron chi connectivity index (χ3n) is 2.69. The first-order valence-electron chi connectivity index (χ1n) is 5.28. The van der Waals surface area contributed by atoms with Crippen molar-refractivity contribution in [1.29, 1.82) is 0 Å². The topological polar surface area (TPSA) is 37.5 Å². The number of nitrogens with zero attached hydrogens (tertiary/aromatic N) is 2. The van der Waals surface area contributed by atoms with Crippen LogP contribution in [0, 0.1) is 5.82 Å². The van der Waals surface area contributed by atoms with Crippen LogP contribution in [0.4, 0.5) is 4.39 Å². The summed E-state index contributed by atoms with van der Waals surface area (Å²) in [6.45, 7) is 0. The third-order valence-corrected chi connectivity index (χ3v) is 3.31. The van der Waals surface area contributed by atoms with E-state index < -0.39 is 0 Å². The van der Waals surface area contributed by atoms with Gasteiger partial charge in [0.2, 0.25) is 5.88 Å². The maximum atomic E-state index is 12.9. The van der Waals surface area contributed by atoms with Crippen LogP contribution < -0.4 is 0 Å². The minimum atomic E-state index is -0.316. The van der Waals surface area contributed by atoms with E-state index in [2.05, 4.69) is 20.9 Å². The fourth-order valence-corrected chi connectivity index (χ4v) is 2.26. The molecule has 2 heterocycles. The molecular formula is C13H8BrFN2O. The Kier molecular flexibility index (Phi) is 2.56. The van der Waals surface area contributed by atoms with E-state index in [1.54, 1.807) is 28.8 Å². The molecule has 3 rings (SSSR count). The minimum absolute atomic E-state index is 0.0397. The Bertz CT molecular complexity index is 722. The molecule has 0 atom stereocenters. The molecular weight excluding hydrogens is 299 g/mol. The zero-order valence-corrected chi connectivity index (χ0v) is 10.7. The lowest BCUT2D eigenvalue weighted by atomic mass is 10.1. The molecule has 1 N–H and O–H groups in total. The summed E-state index contributed by atoms with van der Waals surface area (Å²) in [6, 6.07) is 9.50. The van der Waals surface area contributed by atoms with Crippen molar-refractivity contribution >= 4 is 21.6 Å². The molecule has 0 bridgehead atoms. The van der Waals surface area contributed by atoms with E-state index in [-0.39, 0.29) is 11.7 Å². The minimum Gasteiger partial charge on any atom is -0.493 e. The van der Waals surface area contributed by atoms with Crippen LogP contribution in [0.1, 0.15) is 0 Å². The molecule has 1 aromatic carbocycles. The molecule has 2 aromatic heterocycles. The number of benzene rings is 1. The second-order valence-corrected chi connectivity index (χ2v) is 4.69. The Morgan fingerprint density at radius 2 is 1.89 bits per heavy atom. The monoisotopic (exact) mass is 306 g/mol. The Hall–Kier alpha value is -1.88. The highest BCUT2D eigenvalue weighted by Crippen LogP contribution is 2.31. The lowest BCUT2D eigenvalue weighted by molar-refractivity contribution is 0.450. The van der Waals surface area contributed by atoms with Gasteiger partial charge in [0.1, 0.15) is 11.5 Å². The zero-order valence-electron chi connectivity index (χ0n) is 9.14. The Morgan fingerprint density at radius 3 is 2.56 bits per heavy atom. The van der Waals surface area contributed by atoms with Crippen molar-refractivity contribution in [3.63, 3.8) is 0 Å². The van der Waals surface area contributed by atoms with Crippen molar-refractivity contribution in [2.24, 2.45) is 0 Å². The summed E-state index contributed by atoms with van der Waals surface area (Å²) < 4.78 is 15.2. The van der Waals surface area contributed by atoms with E-state index in [0.29, 0.717) is 16.9 Å². The second kappa shape index (κ2) is 4.10. The average Bonchev–Trinajstić information content (AvgIpc) is 2.70. The van der Waals surface area contributed by atoms with Crippen molar-refractivity contribution in [3.05, 3.63) is 52.9 Å². The predicted molar refractivity (Wildman–Crippen MR) is 70.0 cm³/mol. The molecule has 0 spiro atoms. The molecule has 90 valence electrons. The van der Waals surface area contributed by atoms with Crippen molar-refractivity contribution in [2.75, 3.05) is 0 Å². The molecule has 0 radical (unpaired) electrons. The number of aromatic nitrogens is 2. The second-order valence-electron chi connectivity index (χ2n) is 3.84. The smallest absolute Gasteiger partial charge is 0.224 e. The van der Waals surface area contributed by atoms with Crippen molar-refractivity contribution < 1.29 is 9.50 Å². The molecule has 0 amide bonds. The van der Waals surface area contributed by atoms with Gasteiger partial charge in [-0.2, -0.15) is 0 Å². The van der Waals surface area contributed by atoms with E-state index in [9.17, 15) is 9.50 Å². The van der Waals surface area contributed by atoms with E-state index in [1.165, 1.54) is 12.1 Å². The molecule has 0 unspecified atom stereocenters. The Morgan fingerprint density at radius 1 is 1.17 bits per heavy atom. The fraction of sp³-hybridized carbons (Fsp3) is 0. The SMILES string of the molecule is Oc1c(-c2ccc(F)cc2)nc2c(Br)cccn12.